The summed E-state index contributed by atoms with van der Waals surface area (Å²) < 4.78 is 5.01. The maximum Gasteiger partial charge on any atom is 0.166 e. The van der Waals surface area contributed by atoms with Crippen LogP contribution in [0, 0.1) is 0 Å². The summed E-state index contributed by atoms with van der Waals surface area (Å²) in [5.41, 5.74) is 0. The lowest BCUT2D eigenvalue weighted by Crippen LogP contribution is -2.45. The first-order valence-corrected chi connectivity index (χ1v) is 5.56. The summed E-state index contributed by atoms with van der Waals surface area (Å²) in [7, 11) is 1.69. The molecule has 0 radical (unpaired) electrons. The third-order valence-corrected chi connectivity index (χ3v) is 2.13. The van der Waals surface area contributed by atoms with Gasteiger partial charge in [0.2, 0.25) is 0 Å². The minimum Gasteiger partial charge on any atom is -0.383 e. The Kier molecular flexibility index (Phi) is 7.80. The zero-order chi connectivity index (χ0) is 11.0. The molecule has 0 aromatic heterocycles. The zero-order valence-corrected chi connectivity index (χ0v) is 10.4. The predicted molar refractivity (Wildman–Crippen MR) is 64.6 cm³/mol. The Morgan fingerprint density at radius 1 is 1.29 bits per heavy atom. The van der Waals surface area contributed by atoms with Gasteiger partial charge in [0.1, 0.15) is 0 Å². The van der Waals surface area contributed by atoms with Crippen LogP contribution in [-0.2, 0) is 4.74 Å². The van der Waals surface area contributed by atoms with Crippen LogP contribution in [0.5, 0.6) is 0 Å². The topological polar surface area (TPSA) is 33.3 Å². The minimum absolute atomic E-state index is 0.258. The van der Waals surface area contributed by atoms with Crippen molar-refractivity contribution in [2.75, 3.05) is 13.7 Å². The SMILES string of the molecule is CCCC(C)NC(=S)NC(C)COC. The minimum atomic E-state index is 0.258. The summed E-state index contributed by atoms with van der Waals surface area (Å²) in [6.45, 7) is 7.02. The molecular formula is C10H22N2OS. The first-order valence-electron chi connectivity index (χ1n) is 5.16. The molecule has 2 N–H and O–H groups in total. The monoisotopic (exact) mass is 218 g/mol. The number of hydrogen-bond donors (Lipinski definition) is 2. The molecule has 84 valence electrons. The van der Waals surface area contributed by atoms with Gasteiger partial charge in [-0.05, 0) is 32.5 Å². The molecule has 0 fully saturated rings. The number of ether oxygens (including phenoxy) is 1. The van der Waals surface area contributed by atoms with Crippen molar-refractivity contribution < 1.29 is 4.74 Å². The van der Waals surface area contributed by atoms with E-state index >= 15 is 0 Å². The summed E-state index contributed by atoms with van der Waals surface area (Å²) in [6.07, 6.45) is 2.31. The molecule has 0 saturated heterocycles. The molecule has 0 aromatic carbocycles. The molecule has 0 saturated carbocycles. The van der Waals surface area contributed by atoms with Gasteiger partial charge in [0, 0.05) is 19.2 Å². The molecule has 0 aliphatic carbocycles. The van der Waals surface area contributed by atoms with Crippen LogP contribution in [0.2, 0.25) is 0 Å². The summed E-state index contributed by atoms with van der Waals surface area (Å²) in [5.74, 6) is 0. The Morgan fingerprint density at radius 2 is 1.86 bits per heavy atom. The highest BCUT2D eigenvalue weighted by atomic mass is 32.1. The second-order valence-corrected chi connectivity index (χ2v) is 4.07. The fraction of sp³-hybridized carbons (Fsp3) is 0.900. The van der Waals surface area contributed by atoms with Crippen LogP contribution >= 0.6 is 12.2 Å². The maximum absolute atomic E-state index is 5.16. The van der Waals surface area contributed by atoms with Crippen molar-refractivity contribution in [1.82, 2.24) is 10.6 Å². The summed E-state index contributed by atoms with van der Waals surface area (Å²) in [6, 6.07) is 0.698. The van der Waals surface area contributed by atoms with Crippen LogP contribution < -0.4 is 10.6 Å². The van der Waals surface area contributed by atoms with E-state index in [1.54, 1.807) is 7.11 Å². The van der Waals surface area contributed by atoms with Gasteiger partial charge in [-0.15, -0.1) is 0 Å². The van der Waals surface area contributed by atoms with E-state index in [9.17, 15) is 0 Å². The van der Waals surface area contributed by atoms with Crippen molar-refractivity contribution >= 4 is 17.3 Å². The quantitative estimate of drug-likeness (QED) is 0.665. The molecule has 2 atom stereocenters. The van der Waals surface area contributed by atoms with Gasteiger partial charge in [0.25, 0.3) is 0 Å². The van der Waals surface area contributed by atoms with Gasteiger partial charge in [-0.1, -0.05) is 13.3 Å². The fourth-order valence-corrected chi connectivity index (χ4v) is 1.69. The van der Waals surface area contributed by atoms with Gasteiger partial charge in [0.15, 0.2) is 5.11 Å². The molecule has 0 aliphatic rings. The number of methoxy groups -OCH3 is 1. The van der Waals surface area contributed by atoms with E-state index in [-0.39, 0.29) is 6.04 Å². The van der Waals surface area contributed by atoms with Crippen LogP contribution in [0.4, 0.5) is 0 Å². The van der Waals surface area contributed by atoms with Crippen LogP contribution in [0.25, 0.3) is 0 Å². The van der Waals surface area contributed by atoms with E-state index in [4.69, 9.17) is 17.0 Å². The highest BCUT2D eigenvalue weighted by Gasteiger charge is 2.05. The fourth-order valence-electron chi connectivity index (χ4n) is 1.29. The number of hydrogen-bond acceptors (Lipinski definition) is 2. The van der Waals surface area contributed by atoms with Crippen molar-refractivity contribution in [2.45, 2.75) is 45.7 Å². The molecule has 0 aliphatic heterocycles. The van der Waals surface area contributed by atoms with E-state index in [1.807, 2.05) is 6.92 Å². The van der Waals surface area contributed by atoms with Crippen LogP contribution in [0.3, 0.4) is 0 Å². The van der Waals surface area contributed by atoms with Crippen LogP contribution in [-0.4, -0.2) is 30.9 Å². The average molecular weight is 218 g/mol. The molecule has 0 spiro atoms. The number of rotatable bonds is 6. The van der Waals surface area contributed by atoms with Gasteiger partial charge >= 0.3 is 0 Å². The van der Waals surface area contributed by atoms with Gasteiger partial charge < -0.3 is 15.4 Å². The van der Waals surface area contributed by atoms with Crippen LogP contribution in [0.1, 0.15) is 33.6 Å². The highest BCUT2D eigenvalue weighted by Crippen LogP contribution is 1.94. The lowest BCUT2D eigenvalue weighted by Gasteiger charge is -2.19. The molecule has 4 heteroatoms. The summed E-state index contributed by atoms with van der Waals surface area (Å²) in [4.78, 5) is 0. The first kappa shape index (κ1) is 13.7. The standard InChI is InChI=1S/C10H22N2OS/c1-5-6-8(2)11-10(14)12-9(3)7-13-4/h8-9H,5-7H2,1-4H3,(H2,11,12,14). The second-order valence-electron chi connectivity index (χ2n) is 3.66. The lowest BCUT2D eigenvalue weighted by molar-refractivity contribution is 0.179. The van der Waals surface area contributed by atoms with Crippen LogP contribution in [0.15, 0.2) is 0 Å². The molecule has 3 nitrogen and oxygen atoms in total. The van der Waals surface area contributed by atoms with E-state index in [0.29, 0.717) is 12.6 Å². The molecule has 14 heavy (non-hydrogen) atoms. The number of nitrogens with one attached hydrogen (secondary N) is 2. The lowest BCUT2D eigenvalue weighted by atomic mass is 10.2. The van der Waals surface area contributed by atoms with Gasteiger partial charge in [0.05, 0.1) is 6.61 Å². The smallest absolute Gasteiger partial charge is 0.166 e. The normalized spacial score (nSPS) is 14.6. The molecule has 0 bridgehead atoms. The van der Waals surface area contributed by atoms with Crippen molar-refractivity contribution in [1.29, 1.82) is 0 Å². The Balaban J connectivity index is 3.63. The van der Waals surface area contributed by atoms with E-state index in [2.05, 4.69) is 24.5 Å². The van der Waals surface area contributed by atoms with Crippen molar-refractivity contribution in [3.63, 3.8) is 0 Å². The molecule has 2 unspecified atom stereocenters. The predicted octanol–water partition coefficient (Wildman–Crippen LogP) is 1.67. The average Bonchev–Trinajstić information content (AvgIpc) is 2.03. The van der Waals surface area contributed by atoms with E-state index in [0.717, 1.165) is 11.5 Å². The second kappa shape index (κ2) is 8.00. The van der Waals surface area contributed by atoms with Crippen molar-refractivity contribution in [3.8, 4) is 0 Å². The van der Waals surface area contributed by atoms with E-state index in [1.165, 1.54) is 6.42 Å². The largest absolute Gasteiger partial charge is 0.383 e. The molecule has 0 rings (SSSR count). The molecule has 0 aromatic rings. The first-order chi connectivity index (χ1) is 6.60. The Morgan fingerprint density at radius 3 is 2.36 bits per heavy atom. The molecule has 0 amide bonds. The Bertz CT molecular complexity index is 148. The third-order valence-electron chi connectivity index (χ3n) is 1.89. The highest BCUT2D eigenvalue weighted by molar-refractivity contribution is 7.80. The molecular weight excluding hydrogens is 196 g/mol. The third kappa shape index (κ3) is 7.09. The van der Waals surface area contributed by atoms with E-state index < -0.39 is 0 Å². The summed E-state index contributed by atoms with van der Waals surface area (Å²) >= 11 is 5.16. The Hall–Kier alpha value is -0.350. The van der Waals surface area contributed by atoms with Gasteiger partial charge in [-0.3, -0.25) is 0 Å². The number of thiocarbonyl (C=S) groups is 1. The van der Waals surface area contributed by atoms with Gasteiger partial charge in [-0.25, -0.2) is 0 Å². The van der Waals surface area contributed by atoms with Crippen molar-refractivity contribution in [3.05, 3.63) is 0 Å². The zero-order valence-electron chi connectivity index (χ0n) is 9.59. The maximum atomic E-state index is 5.16. The van der Waals surface area contributed by atoms with Crippen molar-refractivity contribution in [2.24, 2.45) is 0 Å². The Labute approximate surface area is 92.6 Å². The van der Waals surface area contributed by atoms with Gasteiger partial charge in [-0.2, -0.15) is 0 Å². The molecule has 0 heterocycles. The summed E-state index contributed by atoms with van der Waals surface area (Å²) in [5, 5.41) is 7.12.